The van der Waals surface area contributed by atoms with Crippen molar-refractivity contribution in [1.82, 2.24) is 14.3 Å². The van der Waals surface area contributed by atoms with Gasteiger partial charge in [0.05, 0.1) is 11.8 Å². The van der Waals surface area contributed by atoms with Gasteiger partial charge in [0.15, 0.2) is 0 Å². The van der Waals surface area contributed by atoms with Crippen molar-refractivity contribution in [2.45, 2.75) is 26.5 Å². The van der Waals surface area contributed by atoms with Crippen LogP contribution in [0.25, 0.3) is 5.65 Å². The molecule has 1 atom stereocenters. The lowest BCUT2D eigenvalue weighted by molar-refractivity contribution is 0.138. The number of aliphatic hydroxyl groups is 1. The van der Waals surface area contributed by atoms with E-state index in [1.165, 1.54) is 5.56 Å². The van der Waals surface area contributed by atoms with E-state index in [4.69, 9.17) is 0 Å². The normalized spacial score (nSPS) is 13.5. The molecule has 0 radical (unpaired) electrons. The van der Waals surface area contributed by atoms with Crippen molar-refractivity contribution in [3.8, 4) is 0 Å². The van der Waals surface area contributed by atoms with Gasteiger partial charge in [-0.3, -0.25) is 4.90 Å². The Morgan fingerprint density at radius 3 is 2.94 bits per heavy atom. The third kappa shape index (κ3) is 2.84. The van der Waals surface area contributed by atoms with E-state index in [1.54, 1.807) is 6.92 Å². The molecule has 0 amide bonds. The zero-order chi connectivity index (χ0) is 12.4. The van der Waals surface area contributed by atoms with Gasteiger partial charge in [-0.15, -0.1) is 0 Å². The van der Waals surface area contributed by atoms with Crippen LogP contribution in [0.5, 0.6) is 0 Å². The summed E-state index contributed by atoms with van der Waals surface area (Å²) in [5, 5.41) is 9.32. The van der Waals surface area contributed by atoms with Crippen molar-refractivity contribution < 1.29 is 5.11 Å². The molecular weight excluding hydrogens is 214 g/mol. The maximum absolute atomic E-state index is 9.32. The molecule has 2 rings (SSSR count). The Kier molecular flexibility index (Phi) is 3.45. The van der Waals surface area contributed by atoms with Crippen molar-refractivity contribution >= 4 is 5.65 Å². The lowest BCUT2D eigenvalue weighted by Gasteiger charge is -2.16. The first-order chi connectivity index (χ1) is 8.06. The first-order valence-corrected chi connectivity index (χ1v) is 5.86. The first kappa shape index (κ1) is 12.1. The fourth-order valence-electron chi connectivity index (χ4n) is 2.07. The smallest absolute Gasteiger partial charge is 0.139 e. The van der Waals surface area contributed by atoms with Crippen molar-refractivity contribution in [1.29, 1.82) is 0 Å². The number of aryl methyl sites for hydroxylation is 1. The number of imidazole rings is 1. The molecule has 0 aromatic carbocycles. The van der Waals surface area contributed by atoms with Gasteiger partial charge in [-0.05, 0) is 32.5 Å². The summed E-state index contributed by atoms with van der Waals surface area (Å²) in [5.41, 5.74) is 3.22. The molecule has 2 aromatic heterocycles. The van der Waals surface area contributed by atoms with E-state index in [0.29, 0.717) is 6.54 Å². The lowest BCUT2D eigenvalue weighted by Crippen LogP contribution is -2.26. The third-order valence-electron chi connectivity index (χ3n) is 2.74. The van der Waals surface area contributed by atoms with Crippen molar-refractivity contribution in [3.63, 3.8) is 0 Å². The zero-order valence-corrected chi connectivity index (χ0v) is 10.6. The van der Waals surface area contributed by atoms with Crippen LogP contribution in [0.3, 0.4) is 0 Å². The Morgan fingerprint density at radius 2 is 2.29 bits per heavy atom. The summed E-state index contributed by atoms with van der Waals surface area (Å²) in [6.07, 6.45) is 3.74. The van der Waals surface area contributed by atoms with E-state index >= 15 is 0 Å². The molecule has 4 nitrogen and oxygen atoms in total. The number of aliphatic hydroxyl groups excluding tert-OH is 1. The molecule has 17 heavy (non-hydrogen) atoms. The number of likely N-dealkylation sites (N-methyl/N-ethyl adjacent to an activating group) is 1. The summed E-state index contributed by atoms with van der Waals surface area (Å²) < 4.78 is 2.04. The Labute approximate surface area is 102 Å². The van der Waals surface area contributed by atoms with E-state index in [0.717, 1.165) is 17.9 Å². The Morgan fingerprint density at radius 1 is 1.53 bits per heavy atom. The molecule has 1 unspecified atom stereocenters. The highest BCUT2D eigenvalue weighted by Crippen LogP contribution is 2.11. The van der Waals surface area contributed by atoms with E-state index in [2.05, 4.69) is 22.9 Å². The van der Waals surface area contributed by atoms with Gasteiger partial charge in [0, 0.05) is 25.5 Å². The molecule has 0 aliphatic heterocycles. The number of rotatable bonds is 4. The maximum atomic E-state index is 9.32. The van der Waals surface area contributed by atoms with Crippen molar-refractivity contribution in [2.75, 3.05) is 13.6 Å². The predicted octanol–water partition coefficient (Wildman–Crippen LogP) is 1.46. The van der Waals surface area contributed by atoms with Crippen LogP contribution >= 0.6 is 0 Å². The predicted molar refractivity (Wildman–Crippen MR) is 67.9 cm³/mol. The van der Waals surface area contributed by atoms with Gasteiger partial charge in [0.1, 0.15) is 5.65 Å². The highest BCUT2D eigenvalue weighted by atomic mass is 16.3. The minimum absolute atomic E-state index is 0.307. The van der Waals surface area contributed by atoms with E-state index in [9.17, 15) is 5.11 Å². The molecular formula is C13H19N3O. The average Bonchev–Trinajstić information content (AvgIpc) is 2.60. The van der Waals surface area contributed by atoms with Crippen molar-refractivity contribution in [2.24, 2.45) is 0 Å². The first-order valence-electron chi connectivity index (χ1n) is 5.86. The largest absolute Gasteiger partial charge is 0.392 e. The standard InChI is InChI=1S/C13H19N3O/c1-10-5-4-6-16-9-12(14-13(10)16)8-15(3)7-11(2)17/h4-6,9,11,17H,7-8H2,1-3H3. The molecule has 0 spiro atoms. The minimum Gasteiger partial charge on any atom is -0.392 e. The molecule has 0 saturated carbocycles. The molecule has 0 aliphatic rings. The molecule has 0 fully saturated rings. The number of aromatic nitrogens is 2. The third-order valence-corrected chi connectivity index (χ3v) is 2.74. The van der Waals surface area contributed by atoms with Crippen LogP contribution in [0.4, 0.5) is 0 Å². The number of hydrogen-bond donors (Lipinski definition) is 1. The Balaban J connectivity index is 2.17. The number of nitrogens with zero attached hydrogens (tertiary/aromatic N) is 3. The topological polar surface area (TPSA) is 40.8 Å². The van der Waals surface area contributed by atoms with Crippen LogP contribution in [0, 0.1) is 6.92 Å². The second-order valence-corrected chi connectivity index (χ2v) is 4.70. The molecule has 2 aromatic rings. The molecule has 4 heteroatoms. The minimum atomic E-state index is -0.307. The highest BCUT2D eigenvalue weighted by Gasteiger charge is 2.08. The zero-order valence-electron chi connectivity index (χ0n) is 10.6. The summed E-state index contributed by atoms with van der Waals surface area (Å²) in [7, 11) is 1.99. The van der Waals surface area contributed by atoms with Crippen LogP contribution in [-0.2, 0) is 6.54 Å². The van der Waals surface area contributed by atoms with Crippen LogP contribution < -0.4 is 0 Å². The summed E-state index contributed by atoms with van der Waals surface area (Å²) >= 11 is 0. The van der Waals surface area contributed by atoms with Crippen LogP contribution in [0.15, 0.2) is 24.5 Å². The number of fused-ring (bicyclic) bond motifs is 1. The van der Waals surface area contributed by atoms with Gasteiger partial charge < -0.3 is 9.51 Å². The maximum Gasteiger partial charge on any atom is 0.139 e. The number of hydrogen-bond acceptors (Lipinski definition) is 3. The lowest BCUT2D eigenvalue weighted by atomic mass is 10.3. The van der Waals surface area contributed by atoms with Crippen LogP contribution in [0.2, 0.25) is 0 Å². The van der Waals surface area contributed by atoms with E-state index < -0.39 is 0 Å². The van der Waals surface area contributed by atoms with Crippen molar-refractivity contribution in [3.05, 3.63) is 35.8 Å². The monoisotopic (exact) mass is 233 g/mol. The fourth-order valence-corrected chi connectivity index (χ4v) is 2.07. The van der Waals surface area contributed by atoms with Gasteiger partial charge in [-0.2, -0.15) is 0 Å². The summed E-state index contributed by atoms with van der Waals surface area (Å²) in [5.74, 6) is 0. The highest BCUT2D eigenvalue weighted by molar-refractivity contribution is 5.47. The van der Waals surface area contributed by atoms with Gasteiger partial charge in [0.25, 0.3) is 0 Å². The molecule has 92 valence electrons. The second-order valence-electron chi connectivity index (χ2n) is 4.70. The van der Waals surface area contributed by atoms with Gasteiger partial charge in [-0.1, -0.05) is 6.07 Å². The summed E-state index contributed by atoms with van der Waals surface area (Å²) in [6, 6.07) is 4.08. The molecule has 0 aliphatic carbocycles. The molecule has 0 bridgehead atoms. The van der Waals surface area contributed by atoms with Gasteiger partial charge >= 0.3 is 0 Å². The quantitative estimate of drug-likeness (QED) is 0.869. The fraction of sp³-hybridized carbons (Fsp3) is 0.462. The van der Waals surface area contributed by atoms with E-state index in [1.807, 2.05) is 29.9 Å². The Hall–Kier alpha value is -1.39. The van der Waals surface area contributed by atoms with Crippen LogP contribution in [-0.4, -0.2) is 39.1 Å². The van der Waals surface area contributed by atoms with E-state index in [-0.39, 0.29) is 6.10 Å². The molecule has 2 heterocycles. The SMILES string of the molecule is Cc1cccn2cc(CN(C)CC(C)O)nc12. The molecule has 0 saturated heterocycles. The summed E-state index contributed by atoms with van der Waals surface area (Å²) in [6.45, 7) is 5.27. The van der Waals surface area contributed by atoms with Gasteiger partial charge in [0.2, 0.25) is 0 Å². The second kappa shape index (κ2) is 4.85. The van der Waals surface area contributed by atoms with Gasteiger partial charge in [-0.25, -0.2) is 4.98 Å². The number of pyridine rings is 1. The van der Waals surface area contributed by atoms with Crippen LogP contribution in [0.1, 0.15) is 18.2 Å². The molecule has 1 N–H and O–H groups in total. The Bertz CT molecular complexity index is 504. The average molecular weight is 233 g/mol. The summed E-state index contributed by atoms with van der Waals surface area (Å²) in [4.78, 5) is 6.67.